The number of aryl methyl sites for hydroxylation is 1. The molecule has 0 spiro atoms. The number of nitro benzene ring substituents is 1. The summed E-state index contributed by atoms with van der Waals surface area (Å²) in [4.78, 5) is 10.3. The van der Waals surface area contributed by atoms with E-state index < -0.39 is 29.3 Å². The molecule has 5 nitrogen and oxygen atoms in total. The highest BCUT2D eigenvalue weighted by atomic mass is 19.1. The van der Waals surface area contributed by atoms with Crippen LogP contribution in [-0.4, -0.2) is 16.6 Å². The van der Waals surface area contributed by atoms with Gasteiger partial charge in [0, 0.05) is 11.6 Å². The first-order valence-electron chi connectivity index (χ1n) is 6.39. The van der Waals surface area contributed by atoms with Crippen LogP contribution in [0.4, 0.5) is 14.5 Å². The third-order valence-electron chi connectivity index (χ3n) is 3.03. The number of hydrogen-bond donors (Lipinski definition) is 1. The number of nitro groups is 1. The van der Waals surface area contributed by atoms with E-state index >= 15 is 0 Å². The molecule has 2 rings (SSSR count). The summed E-state index contributed by atoms with van der Waals surface area (Å²) in [5, 5.41) is 20.8. The van der Waals surface area contributed by atoms with Crippen molar-refractivity contribution < 1.29 is 23.5 Å². The molecule has 0 aromatic heterocycles. The zero-order chi connectivity index (χ0) is 16.3. The lowest BCUT2D eigenvalue weighted by atomic mass is 10.1. The Kier molecular flexibility index (Phi) is 4.67. The molecule has 116 valence electrons. The minimum absolute atomic E-state index is 0.0409. The Morgan fingerprint density at radius 3 is 2.68 bits per heavy atom. The Hall–Kier alpha value is -2.54. The van der Waals surface area contributed by atoms with E-state index in [1.807, 2.05) is 0 Å². The molecule has 0 aliphatic carbocycles. The van der Waals surface area contributed by atoms with Crippen LogP contribution in [0.25, 0.3) is 0 Å². The lowest BCUT2D eigenvalue weighted by Gasteiger charge is -2.14. The van der Waals surface area contributed by atoms with Crippen LogP contribution in [0.3, 0.4) is 0 Å². The van der Waals surface area contributed by atoms with E-state index in [9.17, 15) is 24.0 Å². The van der Waals surface area contributed by atoms with Crippen molar-refractivity contribution >= 4 is 5.69 Å². The van der Waals surface area contributed by atoms with Crippen molar-refractivity contribution in [1.29, 1.82) is 0 Å². The van der Waals surface area contributed by atoms with Crippen LogP contribution in [0, 0.1) is 28.7 Å². The average molecular weight is 309 g/mol. The van der Waals surface area contributed by atoms with Gasteiger partial charge in [-0.1, -0.05) is 6.07 Å². The van der Waals surface area contributed by atoms with Gasteiger partial charge in [-0.15, -0.1) is 0 Å². The highest BCUT2D eigenvalue weighted by Crippen LogP contribution is 2.29. The first kappa shape index (κ1) is 15.8. The van der Waals surface area contributed by atoms with Gasteiger partial charge in [0.15, 0.2) is 5.75 Å². The zero-order valence-electron chi connectivity index (χ0n) is 11.6. The molecule has 0 aliphatic rings. The number of benzene rings is 2. The number of halogens is 2. The first-order chi connectivity index (χ1) is 10.4. The molecule has 0 bridgehead atoms. The molecule has 7 heteroatoms. The second-order valence-corrected chi connectivity index (χ2v) is 4.72. The van der Waals surface area contributed by atoms with Crippen molar-refractivity contribution in [3.05, 3.63) is 69.3 Å². The number of aliphatic hydroxyl groups is 1. The van der Waals surface area contributed by atoms with Crippen LogP contribution < -0.4 is 4.74 Å². The third kappa shape index (κ3) is 3.56. The van der Waals surface area contributed by atoms with E-state index in [4.69, 9.17) is 4.74 Å². The number of rotatable bonds is 5. The van der Waals surface area contributed by atoms with Gasteiger partial charge in [-0.3, -0.25) is 10.1 Å². The standard InChI is InChI=1S/C15H13F2NO4/c1-9-2-5-13(18(20)21)15(6-9)22-8-14(19)11-7-10(16)3-4-12(11)17/h2-7,14,19H,8H2,1H3. The van der Waals surface area contributed by atoms with E-state index in [0.29, 0.717) is 0 Å². The summed E-state index contributed by atoms with van der Waals surface area (Å²) in [7, 11) is 0. The Bertz CT molecular complexity index is 706. The average Bonchev–Trinajstić information content (AvgIpc) is 2.47. The molecule has 22 heavy (non-hydrogen) atoms. The molecule has 0 aliphatic heterocycles. The number of nitrogens with zero attached hydrogens (tertiary/aromatic N) is 1. The fraction of sp³-hybridized carbons (Fsp3) is 0.200. The molecule has 0 heterocycles. The second-order valence-electron chi connectivity index (χ2n) is 4.72. The third-order valence-corrected chi connectivity index (χ3v) is 3.03. The SMILES string of the molecule is Cc1ccc([N+](=O)[O-])c(OCC(O)c2cc(F)ccc2F)c1. The van der Waals surface area contributed by atoms with Gasteiger partial charge in [-0.05, 0) is 36.8 Å². The van der Waals surface area contributed by atoms with Crippen LogP contribution in [0.2, 0.25) is 0 Å². The Labute approximate surface area is 124 Å². The summed E-state index contributed by atoms with van der Waals surface area (Å²) in [6, 6.07) is 6.94. The normalized spacial score (nSPS) is 12.0. The molecule has 0 saturated carbocycles. The van der Waals surface area contributed by atoms with Crippen molar-refractivity contribution in [2.45, 2.75) is 13.0 Å². The lowest BCUT2D eigenvalue weighted by Crippen LogP contribution is -2.12. The predicted molar refractivity (Wildman–Crippen MR) is 74.6 cm³/mol. The first-order valence-corrected chi connectivity index (χ1v) is 6.39. The van der Waals surface area contributed by atoms with Gasteiger partial charge in [0.05, 0.1) is 4.92 Å². The van der Waals surface area contributed by atoms with E-state index in [1.165, 1.54) is 12.1 Å². The monoisotopic (exact) mass is 309 g/mol. The van der Waals surface area contributed by atoms with Gasteiger partial charge in [0.25, 0.3) is 0 Å². The number of ether oxygens (including phenoxy) is 1. The maximum Gasteiger partial charge on any atom is 0.310 e. The van der Waals surface area contributed by atoms with Crippen molar-refractivity contribution in [2.75, 3.05) is 6.61 Å². The minimum Gasteiger partial charge on any atom is -0.484 e. The van der Waals surface area contributed by atoms with Gasteiger partial charge >= 0.3 is 5.69 Å². The van der Waals surface area contributed by atoms with E-state index in [2.05, 4.69) is 0 Å². The van der Waals surface area contributed by atoms with Gasteiger partial charge in [-0.25, -0.2) is 8.78 Å². The summed E-state index contributed by atoms with van der Waals surface area (Å²) in [6.07, 6.45) is -1.45. The molecule has 1 atom stereocenters. The molecule has 1 N–H and O–H groups in total. The summed E-state index contributed by atoms with van der Waals surface area (Å²) in [5.41, 5.74) is 0.194. The molecule has 0 amide bonds. The smallest absolute Gasteiger partial charge is 0.310 e. The van der Waals surface area contributed by atoms with E-state index in [1.54, 1.807) is 13.0 Å². The van der Waals surface area contributed by atoms with Gasteiger partial charge in [0.2, 0.25) is 0 Å². The van der Waals surface area contributed by atoms with Crippen LogP contribution in [-0.2, 0) is 0 Å². The van der Waals surface area contributed by atoms with Crippen LogP contribution in [0.5, 0.6) is 5.75 Å². The molecule has 0 radical (unpaired) electrons. The Morgan fingerprint density at radius 2 is 2.00 bits per heavy atom. The molecule has 2 aromatic rings. The fourth-order valence-electron chi connectivity index (χ4n) is 1.92. The molecule has 1 unspecified atom stereocenters. The largest absolute Gasteiger partial charge is 0.484 e. The summed E-state index contributed by atoms with van der Waals surface area (Å²) in [6.45, 7) is 1.28. The van der Waals surface area contributed by atoms with Crippen LogP contribution in [0.15, 0.2) is 36.4 Å². The predicted octanol–water partition coefficient (Wildman–Crippen LogP) is 3.29. The number of hydrogen-bond acceptors (Lipinski definition) is 4. The fourth-order valence-corrected chi connectivity index (χ4v) is 1.92. The maximum atomic E-state index is 13.5. The van der Waals surface area contributed by atoms with Gasteiger partial charge in [-0.2, -0.15) is 0 Å². The van der Waals surface area contributed by atoms with Crippen molar-refractivity contribution in [3.63, 3.8) is 0 Å². The van der Waals surface area contributed by atoms with Crippen LogP contribution >= 0.6 is 0 Å². The van der Waals surface area contributed by atoms with E-state index in [-0.39, 0.29) is 17.0 Å². The maximum absolute atomic E-state index is 13.5. The van der Waals surface area contributed by atoms with Crippen molar-refractivity contribution in [2.24, 2.45) is 0 Å². The van der Waals surface area contributed by atoms with Crippen molar-refractivity contribution in [1.82, 2.24) is 0 Å². The van der Waals surface area contributed by atoms with Gasteiger partial charge in [0.1, 0.15) is 24.3 Å². The van der Waals surface area contributed by atoms with Gasteiger partial charge < -0.3 is 9.84 Å². The quantitative estimate of drug-likeness (QED) is 0.679. The molecular weight excluding hydrogens is 296 g/mol. The van der Waals surface area contributed by atoms with Crippen LogP contribution in [0.1, 0.15) is 17.2 Å². The highest BCUT2D eigenvalue weighted by Gasteiger charge is 2.19. The summed E-state index contributed by atoms with van der Waals surface area (Å²) < 4.78 is 31.8. The Balaban J connectivity index is 2.17. The molecular formula is C15H13F2NO4. The lowest BCUT2D eigenvalue weighted by molar-refractivity contribution is -0.385. The highest BCUT2D eigenvalue weighted by molar-refractivity contribution is 5.48. The summed E-state index contributed by atoms with van der Waals surface area (Å²) in [5.74, 6) is -1.52. The van der Waals surface area contributed by atoms with E-state index in [0.717, 1.165) is 23.8 Å². The Morgan fingerprint density at radius 1 is 1.27 bits per heavy atom. The van der Waals surface area contributed by atoms with Crippen molar-refractivity contribution in [3.8, 4) is 5.75 Å². The molecule has 2 aromatic carbocycles. The summed E-state index contributed by atoms with van der Waals surface area (Å²) >= 11 is 0. The zero-order valence-corrected chi connectivity index (χ0v) is 11.6. The number of aliphatic hydroxyl groups excluding tert-OH is 1. The topological polar surface area (TPSA) is 72.6 Å². The molecule has 0 saturated heterocycles. The molecule has 0 fully saturated rings. The minimum atomic E-state index is -1.45. The second kappa shape index (κ2) is 6.48.